The quantitative estimate of drug-likeness (QED) is 0.623. The average molecular weight is 180 g/mol. The standard InChI is InChI=1S/C9H12N2O2/c1-9(13)6-11-5-3-4-7(11)8(12)10(9)2/h3-5,13H,6H2,1-2H3/t9-/m0/s1. The van der Waals surface area contributed by atoms with Crippen molar-refractivity contribution in [1.82, 2.24) is 9.47 Å². The number of rotatable bonds is 0. The molecule has 0 saturated heterocycles. The van der Waals surface area contributed by atoms with E-state index < -0.39 is 5.72 Å². The molecule has 0 aliphatic carbocycles. The zero-order chi connectivity index (χ0) is 9.64. The van der Waals surface area contributed by atoms with Gasteiger partial charge in [0.1, 0.15) is 5.69 Å². The summed E-state index contributed by atoms with van der Waals surface area (Å²) in [7, 11) is 1.61. The van der Waals surface area contributed by atoms with Crippen molar-refractivity contribution in [1.29, 1.82) is 0 Å². The van der Waals surface area contributed by atoms with Crippen LogP contribution in [0.5, 0.6) is 0 Å². The van der Waals surface area contributed by atoms with Gasteiger partial charge in [0, 0.05) is 13.2 Å². The molecule has 1 aliphatic rings. The van der Waals surface area contributed by atoms with E-state index >= 15 is 0 Å². The minimum Gasteiger partial charge on any atom is -0.369 e. The van der Waals surface area contributed by atoms with E-state index in [0.717, 1.165) is 0 Å². The van der Waals surface area contributed by atoms with Gasteiger partial charge in [0.25, 0.3) is 5.91 Å². The number of hydrogen-bond acceptors (Lipinski definition) is 2. The predicted molar refractivity (Wildman–Crippen MR) is 47.1 cm³/mol. The van der Waals surface area contributed by atoms with E-state index in [4.69, 9.17) is 0 Å². The maximum Gasteiger partial charge on any atom is 0.272 e. The van der Waals surface area contributed by atoms with E-state index in [1.165, 1.54) is 4.90 Å². The molecule has 13 heavy (non-hydrogen) atoms. The van der Waals surface area contributed by atoms with Gasteiger partial charge in [-0.15, -0.1) is 0 Å². The van der Waals surface area contributed by atoms with Crippen LogP contribution in [-0.4, -0.2) is 33.3 Å². The van der Waals surface area contributed by atoms with Crippen LogP contribution in [0.2, 0.25) is 0 Å². The van der Waals surface area contributed by atoms with Gasteiger partial charge in [0.15, 0.2) is 5.72 Å². The highest BCUT2D eigenvalue weighted by Gasteiger charge is 2.36. The zero-order valence-electron chi connectivity index (χ0n) is 7.69. The van der Waals surface area contributed by atoms with Crippen LogP contribution in [0.25, 0.3) is 0 Å². The highest BCUT2D eigenvalue weighted by molar-refractivity contribution is 5.93. The van der Waals surface area contributed by atoms with Crippen molar-refractivity contribution in [3.63, 3.8) is 0 Å². The minimum absolute atomic E-state index is 0.138. The fourth-order valence-electron chi connectivity index (χ4n) is 1.57. The summed E-state index contributed by atoms with van der Waals surface area (Å²) in [4.78, 5) is 13.0. The van der Waals surface area contributed by atoms with Crippen LogP contribution >= 0.6 is 0 Å². The first-order chi connectivity index (χ1) is 6.02. The lowest BCUT2D eigenvalue weighted by molar-refractivity contribution is -0.0813. The smallest absolute Gasteiger partial charge is 0.272 e. The van der Waals surface area contributed by atoms with Gasteiger partial charge in [-0.2, -0.15) is 0 Å². The molecule has 2 rings (SSSR count). The van der Waals surface area contributed by atoms with Crippen LogP contribution in [0, 0.1) is 0 Å². The number of aliphatic hydroxyl groups is 1. The molecule has 1 N–H and O–H groups in total. The number of likely N-dealkylation sites (N-methyl/N-ethyl adjacent to an activating group) is 1. The van der Waals surface area contributed by atoms with Gasteiger partial charge in [-0.05, 0) is 19.1 Å². The Morgan fingerprint density at radius 2 is 2.31 bits per heavy atom. The Hall–Kier alpha value is -1.29. The topological polar surface area (TPSA) is 45.5 Å². The zero-order valence-corrected chi connectivity index (χ0v) is 7.69. The molecule has 70 valence electrons. The number of hydrogen-bond donors (Lipinski definition) is 1. The van der Waals surface area contributed by atoms with Gasteiger partial charge in [-0.25, -0.2) is 0 Å². The number of nitrogens with zero attached hydrogens (tertiary/aromatic N) is 2. The summed E-state index contributed by atoms with van der Waals surface area (Å²) in [5, 5.41) is 9.86. The van der Waals surface area contributed by atoms with Crippen LogP contribution < -0.4 is 0 Å². The largest absolute Gasteiger partial charge is 0.369 e. The first-order valence-electron chi connectivity index (χ1n) is 4.18. The third kappa shape index (κ3) is 1.06. The Bertz CT molecular complexity index is 354. The van der Waals surface area contributed by atoms with Crippen LogP contribution in [0.15, 0.2) is 18.3 Å². The van der Waals surface area contributed by atoms with E-state index in [9.17, 15) is 9.90 Å². The highest BCUT2D eigenvalue weighted by Crippen LogP contribution is 2.22. The molecule has 1 aromatic heterocycles. The summed E-state index contributed by atoms with van der Waals surface area (Å²) in [5.41, 5.74) is -0.447. The van der Waals surface area contributed by atoms with Crippen LogP contribution in [0.3, 0.4) is 0 Å². The van der Waals surface area contributed by atoms with Crippen molar-refractivity contribution in [3.05, 3.63) is 24.0 Å². The Morgan fingerprint density at radius 3 is 3.00 bits per heavy atom. The normalized spacial score (nSPS) is 27.6. The SMILES string of the molecule is CN1C(=O)c2cccn2C[C@]1(C)O. The molecule has 0 aromatic carbocycles. The van der Waals surface area contributed by atoms with Crippen molar-refractivity contribution in [2.75, 3.05) is 7.05 Å². The summed E-state index contributed by atoms with van der Waals surface area (Å²) in [6, 6.07) is 3.57. The molecule has 0 fully saturated rings. The summed E-state index contributed by atoms with van der Waals surface area (Å²) in [6.45, 7) is 2.06. The summed E-state index contributed by atoms with van der Waals surface area (Å²) in [5.74, 6) is -0.138. The Balaban J connectivity index is 2.51. The van der Waals surface area contributed by atoms with Gasteiger partial charge >= 0.3 is 0 Å². The highest BCUT2D eigenvalue weighted by atomic mass is 16.3. The molecular weight excluding hydrogens is 168 g/mol. The van der Waals surface area contributed by atoms with Crippen molar-refractivity contribution in [2.45, 2.75) is 19.2 Å². The lowest BCUT2D eigenvalue weighted by Crippen LogP contribution is -2.54. The molecule has 1 aliphatic heterocycles. The monoisotopic (exact) mass is 180 g/mol. The molecule has 0 radical (unpaired) electrons. The number of amides is 1. The molecule has 4 heteroatoms. The molecule has 0 saturated carbocycles. The third-order valence-electron chi connectivity index (χ3n) is 2.55. The molecular formula is C9H12N2O2. The second-order valence-electron chi connectivity index (χ2n) is 3.60. The molecule has 0 unspecified atom stereocenters. The van der Waals surface area contributed by atoms with Crippen LogP contribution in [-0.2, 0) is 6.54 Å². The fraction of sp³-hybridized carbons (Fsp3) is 0.444. The maximum absolute atomic E-state index is 11.6. The number of aromatic nitrogens is 1. The predicted octanol–water partition coefficient (Wildman–Crippen LogP) is 0.282. The van der Waals surface area contributed by atoms with E-state index in [1.54, 1.807) is 30.8 Å². The molecule has 1 aromatic rings. The number of fused-ring (bicyclic) bond motifs is 1. The molecule has 1 atom stereocenters. The van der Waals surface area contributed by atoms with Gasteiger partial charge in [-0.1, -0.05) is 0 Å². The lowest BCUT2D eigenvalue weighted by atomic mass is 10.1. The Morgan fingerprint density at radius 1 is 1.62 bits per heavy atom. The van der Waals surface area contributed by atoms with E-state index in [-0.39, 0.29) is 5.91 Å². The van der Waals surface area contributed by atoms with Crippen molar-refractivity contribution >= 4 is 5.91 Å². The fourth-order valence-corrected chi connectivity index (χ4v) is 1.57. The second kappa shape index (κ2) is 2.35. The van der Waals surface area contributed by atoms with Crippen LogP contribution in [0.1, 0.15) is 17.4 Å². The average Bonchev–Trinajstić information content (AvgIpc) is 2.47. The summed E-state index contributed by atoms with van der Waals surface area (Å²) >= 11 is 0. The van der Waals surface area contributed by atoms with Crippen molar-refractivity contribution in [3.8, 4) is 0 Å². The van der Waals surface area contributed by atoms with Gasteiger partial charge in [0.2, 0.25) is 0 Å². The van der Waals surface area contributed by atoms with Gasteiger partial charge in [0.05, 0.1) is 6.54 Å². The van der Waals surface area contributed by atoms with E-state index in [2.05, 4.69) is 0 Å². The van der Waals surface area contributed by atoms with Gasteiger partial charge in [-0.3, -0.25) is 4.79 Å². The van der Waals surface area contributed by atoms with E-state index in [1.807, 2.05) is 6.07 Å². The second-order valence-corrected chi connectivity index (χ2v) is 3.60. The molecule has 0 bridgehead atoms. The third-order valence-corrected chi connectivity index (χ3v) is 2.55. The maximum atomic E-state index is 11.6. The summed E-state index contributed by atoms with van der Waals surface area (Å²) < 4.78 is 1.77. The van der Waals surface area contributed by atoms with Crippen LogP contribution in [0.4, 0.5) is 0 Å². The molecule has 1 amide bonds. The Kier molecular flexibility index (Phi) is 1.51. The number of carbonyl (C=O) groups is 1. The first kappa shape index (κ1) is 8.31. The first-order valence-corrected chi connectivity index (χ1v) is 4.18. The number of carbonyl (C=O) groups excluding carboxylic acids is 1. The molecule has 2 heterocycles. The molecule has 4 nitrogen and oxygen atoms in total. The molecule has 0 spiro atoms. The van der Waals surface area contributed by atoms with Gasteiger partial charge < -0.3 is 14.6 Å². The van der Waals surface area contributed by atoms with E-state index in [0.29, 0.717) is 12.2 Å². The van der Waals surface area contributed by atoms with Crippen molar-refractivity contribution < 1.29 is 9.90 Å². The van der Waals surface area contributed by atoms with Crippen molar-refractivity contribution in [2.24, 2.45) is 0 Å². The summed E-state index contributed by atoms with van der Waals surface area (Å²) in [6.07, 6.45) is 1.80. The Labute approximate surface area is 76.4 Å². The lowest BCUT2D eigenvalue weighted by Gasteiger charge is -2.38. The minimum atomic E-state index is -1.08.